The summed E-state index contributed by atoms with van der Waals surface area (Å²) in [6.45, 7) is 16.4. The lowest BCUT2D eigenvalue weighted by atomic mass is 9.86. The van der Waals surface area contributed by atoms with Crippen molar-refractivity contribution in [2.24, 2.45) is 7.05 Å². The van der Waals surface area contributed by atoms with Crippen LogP contribution in [0, 0.1) is 6.92 Å². The van der Waals surface area contributed by atoms with Crippen molar-refractivity contribution in [2.75, 3.05) is 29.9 Å². The van der Waals surface area contributed by atoms with E-state index in [1.807, 2.05) is 32.4 Å². The van der Waals surface area contributed by atoms with E-state index in [0.717, 1.165) is 48.5 Å². The highest BCUT2D eigenvalue weighted by molar-refractivity contribution is 5.87. The smallest absolute Gasteiger partial charge is 0.320 e. The molecule has 0 radical (unpaired) electrons. The Bertz CT molecular complexity index is 1340. The van der Waals surface area contributed by atoms with Gasteiger partial charge in [0.15, 0.2) is 11.5 Å². The van der Waals surface area contributed by atoms with Crippen LogP contribution in [0.2, 0.25) is 0 Å². The number of benzene rings is 1. The van der Waals surface area contributed by atoms with Gasteiger partial charge in [-0.3, -0.25) is 9.69 Å². The van der Waals surface area contributed by atoms with Gasteiger partial charge in [0.25, 0.3) is 0 Å². The van der Waals surface area contributed by atoms with Crippen LogP contribution in [0.5, 0.6) is 0 Å². The minimum Gasteiger partial charge on any atom is -0.459 e. The van der Waals surface area contributed by atoms with Crippen molar-refractivity contribution in [1.82, 2.24) is 24.4 Å². The molecule has 2 bridgehead atoms. The number of rotatable bonds is 5. The van der Waals surface area contributed by atoms with E-state index in [-0.39, 0.29) is 23.5 Å². The fraction of sp³-hybridized carbons (Fsp3) is 0.586. The largest absolute Gasteiger partial charge is 0.459 e. The van der Waals surface area contributed by atoms with Gasteiger partial charge in [-0.2, -0.15) is 9.97 Å². The Labute approximate surface area is 225 Å². The first-order valence-electron chi connectivity index (χ1n) is 13.6. The molecule has 204 valence electrons. The number of aromatic nitrogens is 4. The lowest BCUT2D eigenvalue weighted by molar-refractivity contribution is -0.157. The van der Waals surface area contributed by atoms with E-state index in [2.05, 4.69) is 66.0 Å². The lowest BCUT2D eigenvalue weighted by Crippen LogP contribution is -2.55. The maximum atomic E-state index is 12.6. The first-order valence-corrected chi connectivity index (χ1v) is 13.6. The zero-order valence-corrected chi connectivity index (χ0v) is 24.0. The molecule has 9 heteroatoms. The topological polar surface area (TPSA) is 88.4 Å². The normalized spacial score (nSPS) is 20.3. The number of ether oxygens (including phenoxy) is 1. The molecule has 5 rings (SSSR count). The van der Waals surface area contributed by atoms with Gasteiger partial charge in [-0.25, -0.2) is 4.98 Å². The number of imidazole rings is 1. The summed E-state index contributed by atoms with van der Waals surface area (Å²) in [6, 6.07) is 7.11. The average Bonchev–Trinajstić information content (AvgIpc) is 3.27. The monoisotopic (exact) mass is 519 g/mol. The lowest BCUT2D eigenvalue weighted by Gasteiger charge is -2.40. The number of piperazine rings is 1. The molecule has 1 N–H and O–H groups in total. The van der Waals surface area contributed by atoms with Gasteiger partial charge in [0.1, 0.15) is 11.1 Å². The third-order valence-electron chi connectivity index (χ3n) is 7.56. The van der Waals surface area contributed by atoms with Crippen LogP contribution in [-0.2, 0) is 22.0 Å². The Balaban J connectivity index is 1.42. The summed E-state index contributed by atoms with van der Waals surface area (Å²) < 4.78 is 7.57. The second-order valence-electron chi connectivity index (χ2n) is 12.9. The molecule has 2 aliphatic rings. The van der Waals surface area contributed by atoms with Crippen LogP contribution in [0.3, 0.4) is 0 Å². The van der Waals surface area contributed by atoms with Crippen LogP contribution < -0.4 is 10.2 Å². The molecular formula is C29H41N7O2. The Morgan fingerprint density at radius 1 is 1.08 bits per heavy atom. The fourth-order valence-corrected chi connectivity index (χ4v) is 5.56. The van der Waals surface area contributed by atoms with Crippen LogP contribution in [0.15, 0.2) is 24.5 Å². The molecule has 0 aliphatic carbocycles. The highest BCUT2D eigenvalue weighted by Gasteiger charge is 2.42. The molecule has 1 aromatic carbocycles. The Kier molecular flexibility index (Phi) is 6.62. The molecule has 3 aromatic rings. The van der Waals surface area contributed by atoms with Gasteiger partial charge in [0.05, 0.1) is 12.9 Å². The summed E-state index contributed by atoms with van der Waals surface area (Å²) in [5.41, 5.74) is 4.57. The van der Waals surface area contributed by atoms with E-state index in [1.165, 1.54) is 5.56 Å². The molecular weight excluding hydrogens is 478 g/mol. The summed E-state index contributed by atoms with van der Waals surface area (Å²) in [5, 5.41) is 3.62. The number of anilines is 3. The molecule has 0 amide bonds. The fourth-order valence-electron chi connectivity index (χ4n) is 5.56. The highest BCUT2D eigenvalue weighted by Crippen LogP contribution is 2.34. The summed E-state index contributed by atoms with van der Waals surface area (Å²) in [4.78, 5) is 31.6. The number of esters is 1. The molecule has 38 heavy (non-hydrogen) atoms. The standard InChI is InChI=1S/C29H41N7O2/c1-18-9-10-19(28(2,3)4)13-22(18)31-26-24-25(30-17-34(24)8)32-27(33-26)35-14-20-11-12-21(15-35)36(20)16-23(37)38-29(5,6)7/h9-10,13,17,20-21H,11-12,14-16H2,1-8H3,(H,31,32,33)/t20-,21+. The van der Waals surface area contributed by atoms with Gasteiger partial charge in [-0.05, 0) is 63.1 Å². The molecule has 2 atom stereocenters. The first kappa shape index (κ1) is 26.4. The molecule has 2 fully saturated rings. The van der Waals surface area contributed by atoms with E-state index in [9.17, 15) is 4.79 Å². The highest BCUT2D eigenvalue weighted by atomic mass is 16.6. The Morgan fingerprint density at radius 2 is 1.76 bits per heavy atom. The summed E-state index contributed by atoms with van der Waals surface area (Å²) in [6.07, 6.45) is 3.90. The molecule has 9 nitrogen and oxygen atoms in total. The van der Waals surface area contributed by atoms with Gasteiger partial charge in [0, 0.05) is 37.9 Å². The zero-order valence-electron chi connectivity index (χ0n) is 24.0. The predicted molar refractivity (Wildman–Crippen MR) is 151 cm³/mol. The zero-order chi connectivity index (χ0) is 27.4. The molecule has 2 aliphatic heterocycles. The van der Waals surface area contributed by atoms with Gasteiger partial charge < -0.3 is 19.5 Å². The minimum atomic E-state index is -0.474. The second-order valence-corrected chi connectivity index (χ2v) is 12.9. The summed E-state index contributed by atoms with van der Waals surface area (Å²) >= 11 is 0. The van der Waals surface area contributed by atoms with Crippen molar-refractivity contribution in [3.8, 4) is 0 Å². The maximum absolute atomic E-state index is 12.6. The van der Waals surface area contributed by atoms with Crippen LogP contribution in [0.4, 0.5) is 17.5 Å². The number of hydrogen-bond acceptors (Lipinski definition) is 8. The number of carbonyl (C=O) groups excluding carboxylic acids is 1. The van der Waals surface area contributed by atoms with Gasteiger partial charge in [0.2, 0.25) is 5.95 Å². The van der Waals surface area contributed by atoms with Gasteiger partial charge >= 0.3 is 5.97 Å². The third-order valence-corrected chi connectivity index (χ3v) is 7.56. The maximum Gasteiger partial charge on any atom is 0.320 e. The number of fused-ring (bicyclic) bond motifs is 3. The predicted octanol–water partition coefficient (Wildman–Crippen LogP) is 4.71. The van der Waals surface area contributed by atoms with Crippen LogP contribution in [-0.4, -0.2) is 67.7 Å². The molecule has 2 aromatic heterocycles. The van der Waals surface area contributed by atoms with Crippen molar-refractivity contribution in [3.05, 3.63) is 35.7 Å². The van der Waals surface area contributed by atoms with Crippen LogP contribution in [0.1, 0.15) is 65.5 Å². The van der Waals surface area contributed by atoms with Crippen molar-refractivity contribution in [2.45, 2.75) is 84.4 Å². The van der Waals surface area contributed by atoms with E-state index >= 15 is 0 Å². The van der Waals surface area contributed by atoms with Crippen molar-refractivity contribution >= 4 is 34.6 Å². The minimum absolute atomic E-state index is 0.0427. The second kappa shape index (κ2) is 9.52. The SMILES string of the molecule is Cc1ccc(C(C)(C)C)cc1Nc1nc(N2C[C@H]3CC[C@@H](C2)N3CC(=O)OC(C)(C)C)nc2ncn(C)c12. The number of aryl methyl sites for hydroxylation is 2. The Hall–Kier alpha value is -3.20. The van der Waals surface area contributed by atoms with Gasteiger partial charge in [-0.1, -0.05) is 32.9 Å². The molecule has 2 saturated heterocycles. The molecule has 0 saturated carbocycles. The summed E-state index contributed by atoms with van der Waals surface area (Å²) in [7, 11) is 1.97. The Morgan fingerprint density at radius 3 is 2.39 bits per heavy atom. The number of carbonyl (C=O) groups is 1. The van der Waals surface area contributed by atoms with E-state index in [1.54, 1.807) is 6.33 Å². The van der Waals surface area contributed by atoms with E-state index in [4.69, 9.17) is 14.7 Å². The first-order chi connectivity index (χ1) is 17.8. The van der Waals surface area contributed by atoms with Crippen molar-refractivity contribution < 1.29 is 9.53 Å². The summed E-state index contributed by atoms with van der Waals surface area (Å²) in [5.74, 6) is 1.27. The quantitative estimate of drug-likeness (QED) is 0.485. The molecule has 0 unspecified atom stereocenters. The molecule has 4 heterocycles. The number of hydrogen-bond donors (Lipinski definition) is 1. The average molecular weight is 520 g/mol. The number of nitrogens with zero attached hydrogens (tertiary/aromatic N) is 6. The van der Waals surface area contributed by atoms with E-state index in [0.29, 0.717) is 18.1 Å². The van der Waals surface area contributed by atoms with Crippen molar-refractivity contribution in [1.29, 1.82) is 0 Å². The number of nitrogens with one attached hydrogen (secondary N) is 1. The third kappa shape index (κ3) is 5.34. The van der Waals surface area contributed by atoms with Crippen LogP contribution in [0.25, 0.3) is 11.2 Å². The van der Waals surface area contributed by atoms with E-state index < -0.39 is 5.60 Å². The molecule has 0 spiro atoms. The van der Waals surface area contributed by atoms with Crippen molar-refractivity contribution in [3.63, 3.8) is 0 Å². The van der Waals surface area contributed by atoms with Gasteiger partial charge in [-0.15, -0.1) is 0 Å². The van der Waals surface area contributed by atoms with Crippen LogP contribution >= 0.6 is 0 Å².